The molecule has 1 aliphatic carbocycles. The lowest BCUT2D eigenvalue weighted by Crippen LogP contribution is -2.46. The number of hydrogen-bond acceptors (Lipinski definition) is 9. The topological polar surface area (TPSA) is 121 Å². The molecule has 0 amide bonds. The van der Waals surface area contributed by atoms with Gasteiger partial charge in [-0.3, -0.25) is 4.79 Å². The molecular formula is C66H63N5O4S2. The van der Waals surface area contributed by atoms with Crippen molar-refractivity contribution in [1.29, 1.82) is 0 Å². The third kappa shape index (κ3) is 15.4. The lowest BCUT2D eigenvalue weighted by atomic mass is 9.85. The zero-order chi connectivity index (χ0) is 54.8. The lowest BCUT2D eigenvalue weighted by Gasteiger charge is -2.32. The summed E-state index contributed by atoms with van der Waals surface area (Å²) in [6.07, 6.45) is 21.8. The molecule has 0 saturated heterocycles. The summed E-state index contributed by atoms with van der Waals surface area (Å²) in [5.74, 6) is 11.6. The highest BCUT2D eigenvalue weighted by molar-refractivity contribution is 7.98. The van der Waals surface area contributed by atoms with Gasteiger partial charge in [-0.15, -0.1) is 19.3 Å². The Kier molecular flexibility index (Phi) is 20.0. The molecule has 9 rings (SSSR count). The molecule has 77 heavy (non-hydrogen) atoms. The molecule has 1 aliphatic heterocycles. The van der Waals surface area contributed by atoms with Crippen molar-refractivity contribution in [2.45, 2.75) is 76.2 Å². The predicted octanol–water partition coefficient (Wildman–Crippen LogP) is 13.9. The van der Waals surface area contributed by atoms with Crippen LogP contribution < -0.4 is 20.5 Å². The van der Waals surface area contributed by atoms with E-state index in [4.69, 9.17) is 61.4 Å². The summed E-state index contributed by atoms with van der Waals surface area (Å²) >= 11 is 6.95. The van der Waals surface area contributed by atoms with Crippen LogP contribution in [0.1, 0.15) is 103 Å². The first kappa shape index (κ1) is 56.3. The number of fused-ring (bicyclic) bond motifs is 2. The number of ketones is 1. The third-order valence-electron chi connectivity index (χ3n) is 12.7. The molecule has 0 bridgehead atoms. The lowest BCUT2D eigenvalue weighted by molar-refractivity contribution is 0.103. The number of aliphatic imine (C=N–C) groups is 1. The van der Waals surface area contributed by atoms with Crippen molar-refractivity contribution in [3.8, 4) is 59.8 Å². The van der Waals surface area contributed by atoms with E-state index in [0.717, 1.165) is 55.9 Å². The third-order valence-corrected chi connectivity index (χ3v) is 13.8. The summed E-state index contributed by atoms with van der Waals surface area (Å²) in [7, 11) is 0. The van der Waals surface area contributed by atoms with Gasteiger partial charge < -0.3 is 25.3 Å². The number of nitrogens with two attached hydrogens (primary N) is 1. The summed E-state index contributed by atoms with van der Waals surface area (Å²) in [4.78, 5) is 26.9. The monoisotopic (exact) mass is 1050 g/mol. The Labute approximate surface area is 463 Å². The first-order chi connectivity index (χ1) is 37.2. The van der Waals surface area contributed by atoms with Gasteiger partial charge in [-0.05, 0) is 106 Å². The highest BCUT2D eigenvalue weighted by atomic mass is 32.2. The Morgan fingerprint density at radius 3 is 1.84 bits per heavy atom. The average molecular weight is 1050 g/mol. The molecule has 0 radical (unpaired) electrons. The van der Waals surface area contributed by atoms with Crippen molar-refractivity contribution < 1.29 is 19.0 Å². The number of anilines is 1. The second kappa shape index (κ2) is 27.4. The number of aromatic nitrogens is 2. The molecule has 3 N–H and O–H groups in total. The number of terminal acetylenes is 3. The van der Waals surface area contributed by atoms with Gasteiger partial charge in [0.05, 0.1) is 23.0 Å². The van der Waals surface area contributed by atoms with Crippen molar-refractivity contribution in [3.05, 3.63) is 202 Å². The molecule has 0 saturated carbocycles. The van der Waals surface area contributed by atoms with E-state index in [1.165, 1.54) is 22.3 Å². The van der Waals surface area contributed by atoms with Crippen LogP contribution >= 0.6 is 24.0 Å². The molecule has 7 aromatic rings. The summed E-state index contributed by atoms with van der Waals surface area (Å²) < 4.78 is 16.6. The smallest absolute Gasteiger partial charge is 0.195 e. The minimum Gasteiger partial charge on any atom is -0.481 e. The molecule has 0 spiro atoms. The van der Waals surface area contributed by atoms with Crippen molar-refractivity contribution in [2.24, 2.45) is 10.9 Å². The van der Waals surface area contributed by atoms with Gasteiger partial charge in [0.2, 0.25) is 0 Å². The van der Waals surface area contributed by atoms with E-state index in [2.05, 4.69) is 155 Å². The minimum atomic E-state index is -0.126. The van der Waals surface area contributed by atoms with Crippen LogP contribution in [-0.2, 0) is 10.5 Å². The summed E-state index contributed by atoms with van der Waals surface area (Å²) in [5.41, 5.74) is 17.3. The fourth-order valence-corrected chi connectivity index (χ4v) is 9.41. The Morgan fingerprint density at radius 1 is 0.688 bits per heavy atom. The number of rotatable bonds is 16. The molecule has 388 valence electrons. The number of nitrogens with one attached hydrogen (secondary N) is 1. The number of ether oxygens (including phenoxy) is 3. The molecule has 2 unspecified atom stereocenters. The minimum absolute atomic E-state index is 0.0689. The number of allylic oxidation sites excluding steroid dienone is 1. The second-order valence-corrected chi connectivity index (χ2v) is 20.5. The van der Waals surface area contributed by atoms with Gasteiger partial charge in [-0.2, -0.15) is 0 Å². The maximum Gasteiger partial charge on any atom is 0.195 e. The summed E-state index contributed by atoms with van der Waals surface area (Å²) in [6.45, 7) is 13.6. The van der Waals surface area contributed by atoms with Gasteiger partial charge in [0.1, 0.15) is 37.1 Å². The van der Waals surface area contributed by atoms with Crippen LogP contribution in [0.25, 0.3) is 22.2 Å². The number of thioether (sulfide) groups is 1. The molecule has 6 aromatic carbocycles. The maximum atomic E-state index is 12.6. The summed E-state index contributed by atoms with van der Waals surface area (Å²) in [6, 6.07) is 46.0. The first-order valence-corrected chi connectivity index (χ1v) is 26.9. The van der Waals surface area contributed by atoms with Crippen molar-refractivity contribution in [1.82, 2.24) is 15.3 Å². The number of carbonyl (C=O) groups excluding carboxylic acids is 1. The summed E-state index contributed by atoms with van der Waals surface area (Å²) in [5, 5.41) is 5.47. The van der Waals surface area contributed by atoms with Gasteiger partial charge in [0.25, 0.3) is 0 Å². The van der Waals surface area contributed by atoms with E-state index in [1.54, 1.807) is 30.0 Å². The van der Waals surface area contributed by atoms with Gasteiger partial charge in [-0.25, -0.2) is 15.0 Å². The Balaban J connectivity index is 0.000000171. The van der Waals surface area contributed by atoms with E-state index in [-0.39, 0.29) is 37.6 Å². The Bertz CT molecular complexity index is 3400. The van der Waals surface area contributed by atoms with Crippen LogP contribution in [-0.4, -0.2) is 52.4 Å². The zero-order valence-corrected chi connectivity index (χ0v) is 46.0. The Morgan fingerprint density at radius 2 is 1.25 bits per heavy atom. The fraction of sp³-hybridized carbons (Fsp3) is 0.227. The number of nitrogens with zero attached hydrogens (tertiary/aromatic N) is 3. The SMILES string of the molecule is C#CCOC1=CC2C(c3ccc(C(C)C)cc3)=NC(=S)NC2C=C1.C#CCOc1ccc(N)c(C(=O)c2ccc(C(C)C)cc2)c1.C#CCOc1ccc2nc(SCc3ccccc3)nc(-c3ccc(C(C)C)cc3)c2c1. The maximum absolute atomic E-state index is 12.6. The fourth-order valence-electron chi connectivity index (χ4n) is 8.37. The van der Waals surface area contributed by atoms with Crippen LogP contribution in [0.2, 0.25) is 0 Å². The first-order valence-electron chi connectivity index (χ1n) is 25.5. The molecule has 1 aromatic heterocycles. The van der Waals surface area contributed by atoms with E-state index < -0.39 is 0 Å². The highest BCUT2D eigenvalue weighted by Crippen LogP contribution is 2.34. The quantitative estimate of drug-likeness (QED) is 0.0242. The second-order valence-electron chi connectivity index (χ2n) is 19.1. The van der Waals surface area contributed by atoms with E-state index >= 15 is 0 Å². The zero-order valence-electron chi connectivity index (χ0n) is 44.3. The number of benzene rings is 6. The predicted molar refractivity (Wildman–Crippen MR) is 321 cm³/mol. The van der Waals surface area contributed by atoms with Crippen LogP contribution in [0.15, 0.2) is 174 Å². The van der Waals surface area contributed by atoms with Crippen LogP contribution in [0.3, 0.4) is 0 Å². The largest absolute Gasteiger partial charge is 0.481 e. The van der Waals surface area contributed by atoms with E-state index in [0.29, 0.717) is 45.4 Å². The molecule has 11 heteroatoms. The number of thiocarbonyl (C=S) groups is 1. The molecule has 9 nitrogen and oxygen atoms in total. The number of hydrogen-bond donors (Lipinski definition) is 2. The molecule has 2 aliphatic rings. The van der Waals surface area contributed by atoms with Gasteiger partial charge in [0.15, 0.2) is 16.1 Å². The standard InChI is InChI=1S/C27H24N2OS.C20H20N2OS.C19H19NO2/c1-4-16-30-23-14-15-25-24(17-23)26(22-12-10-21(11-13-22)19(2)3)29-27(28-25)31-18-20-8-6-5-7-9-20;1-4-11-23-16-9-10-18-17(12-16)19(22-20(24)21-18)15-7-5-14(6-8-15)13(2)3;1-4-11-22-16-9-10-18(20)17(12-16)19(21)15-7-5-14(6-8-15)13(2)3/h1,5-15,17,19H,16,18H2,2-3H3;1,5-10,12-13,17-18H,11H2,2-3H3,(H,21,24);1,5-10,12-13H,11,20H2,2-3H3. The van der Waals surface area contributed by atoms with E-state index in [9.17, 15) is 4.79 Å². The highest BCUT2D eigenvalue weighted by Gasteiger charge is 2.31. The number of nitrogen functional groups attached to an aromatic ring is 1. The van der Waals surface area contributed by atoms with Gasteiger partial charge in [-0.1, -0.05) is 180 Å². The molecule has 0 fully saturated rings. The number of carbonyl (C=O) groups is 1. The van der Waals surface area contributed by atoms with Crippen LogP contribution in [0.4, 0.5) is 5.69 Å². The molecule has 2 atom stereocenters. The Hall–Kier alpha value is -8.40. The van der Waals surface area contributed by atoms with Crippen molar-refractivity contribution >= 4 is 57.2 Å². The molecular weight excluding hydrogens is 991 g/mol. The van der Waals surface area contributed by atoms with E-state index in [1.807, 2.05) is 54.6 Å². The average Bonchev–Trinajstić information content (AvgIpc) is 3.45. The normalized spacial score (nSPS) is 14.2. The van der Waals surface area contributed by atoms with Crippen molar-refractivity contribution in [2.75, 3.05) is 25.6 Å². The van der Waals surface area contributed by atoms with Crippen molar-refractivity contribution in [3.63, 3.8) is 0 Å². The molecule has 2 heterocycles. The van der Waals surface area contributed by atoms with Crippen LogP contribution in [0.5, 0.6) is 11.5 Å². The van der Waals surface area contributed by atoms with Gasteiger partial charge in [0, 0.05) is 39.4 Å². The van der Waals surface area contributed by atoms with Gasteiger partial charge >= 0.3 is 0 Å². The van der Waals surface area contributed by atoms with Crippen LogP contribution in [0, 0.1) is 42.9 Å².